The van der Waals surface area contributed by atoms with Gasteiger partial charge in [0.15, 0.2) is 0 Å². The summed E-state index contributed by atoms with van der Waals surface area (Å²) in [6.45, 7) is 3.11. The molecule has 132 valence electrons. The number of carbonyl (C=O) groups is 1. The number of likely N-dealkylation sites (tertiary alicyclic amines) is 1. The van der Waals surface area contributed by atoms with Gasteiger partial charge in [-0.2, -0.15) is 0 Å². The normalized spacial score (nSPS) is 21.4. The molecule has 0 bridgehead atoms. The van der Waals surface area contributed by atoms with Crippen LogP contribution in [0.25, 0.3) is 0 Å². The van der Waals surface area contributed by atoms with Gasteiger partial charge >= 0.3 is 0 Å². The van der Waals surface area contributed by atoms with Gasteiger partial charge in [0, 0.05) is 12.1 Å². The molecule has 1 saturated heterocycles. The minimum Gasteiger partial charge on any atom is -0.354 e. The molecule has 1 aliphatic carbocycles. The maximum atomic E-state index is 13.0. The van der Waals surface area contributed by atoms with E-state index in [1.807, 2.05) is 0 Å². The van der Waals surface area contributed by atoms with Crippen LogP contribution in [0.5, 0.6) is 0 Å². The number of nitrogens with one attached hydrogen (secondary N) is 1. The van der Waals surface area contributed by atoms with E-state index in [0.717, 1.165) is 12.1 Å². The van der Waals surface area contributed by atoms with Gasteiger partial charge in [-0.1, -0.05) is 37.8 Å². The monoisotopic (exact) mass is 332 g/mol. The number of halogens is 1. The summed E-state index contributed by atoms with van der Waals surface area (Å²) in [5.74, 6) is -0.214. The summed E-state index contributed by atoms with van der Waals surface area (Å²) in [6, 6.07) is 6.21. The minimum absolute atomic E-state index is 0.0450. The molecule has 1 N–H and O–H groups in total. The molecule has 4 heteroatoms. The summed E-state index contributed by atoms with van der Waals surface area (Å²) in [5.41, 5.74) is 1.03. The van der Waals surface area contributed by atoms with Crippen LogP contribution in [0.3, 0.4) is 0 Å². The van der Waals surface area contributed by atoms with E-state index in [1.165, 1.54) is 76.6 Å². The van der Waals surface area contributed by atoms with Gasteiger partial charge < -0.3 is 5.32 Å². The lowest BCUT2D eigenvalue weighted by atomic mass is 9.79. The van der Waals surface area contributed by atoms with E-state index in [0.29, 0.717) is 6.42 Å². The first-order chi connectivity index (χ1) is 11.7. The van der Waals surface area contributed by atoms with Crippen molar-refractivity contribution in [3.63, 3.8) is 0 Å². The number of hydrogen-bond acceptors (Lipinski definition) is 2. The lowest BCUT2D eigenvalue weighted by Gasteiger charge is -2.48. The molecule has 1 heterocycles. The van der Waals surface area contributed by atoms with E-state index in [4.69, 9.17) is 0 Å². The predicted octanol–water partition coefficient (Wildman–Crippen LogP) is 3.67. The zero-order valence-corrected chi connectivity index (χ0v) is 14.5. The highest BCUT2D eigenvalue weighted by molar-refractivity contribution is 5.78. The Bertz CT molecular complexity index is 531. The van der Waals surface area contributed by atoms with Crippen molar-refractivity contribution in [3.8, 4) is 0 Å². The number of nitrogens with zero attached hydrogens (tertiary/aromatic N) is 1. The molecule has 0 aromatic heterocycles. The average Bonchev–Trinajstić information content (AvgIpc) is 2.63. The van der Waals surface area contributed by atoms with Crippen molar-refractivity contribution in [3.05, 3.63) is 35.6 Å². The standard InChI is InChI=1S/C20H29FN2O/c21-18-9-7-17(8-10-18)15-19(24)22-16-20(11-3-1-4-12-20)23-13-5-2-6-14-23/h7-10H,1-6,11-16H2,(H,22,24). The van der Waals surface area contributed by atoms with E-state index >= 15 is 0 Å². The summed E-state index contributed by atoms with van der Waals surface area (Å²) < 4.78 is 13.0. The smallest absolute Gasteiger partial charge is 0.224 e. The summed E-state index contributed by atoms with van der Waals surface area (Å²) in [7, 11) is 0. The first-order valence-electron chi connectivity index (χ1n) is 9.44. The van der Waals surface area contributed by atoms with Gasteiger partial charge in [0.25, 0.3) is 0 Å². The summed E-state index contributed by atoms with van der Waals surface area (Å²) in [5, 5.41) is 3.18. The van der Waals surface area contributed by atoms with Gasteiger partial charge in [-0.25, -0.2) is 4.39 Å². The zero-order chi connectivity index (χ0) is 16.8. The molecule has 0 spiro atoms. The van der Waals surface area contributed by atoms with Crippen LogP contribution < -0.4 is 5.32 Å². The largest absolute Gasteiger partial charge is 0.354 e. The van der Waals surface area contributed by atoms with Gasteiger partial charge in [0.1, 0.15) is 5.82 Å². The predicted molar refractivity (Wildman–Crippen MR) is 94.4 cm³/mol. The number of benzene rings is 1. The van der Waals surface area contributed by atoms with E-state index < -0.39 is 0 Å². The highest BCUT2D eigenvalue weighted by atomic mass is 19.1. The molecule has 1 saturated carbocycles. The molecule has 0 radical (unpaired) electrons. The molecule has 1 aliphatic heterocycles. The van der Waals surface area contributed by atoms with Crippen LogP contribution in [0.15, 0.2) is 24.3 Å². The molecule has 1 aromatic rings. The van der Waals surface area contributed by atoms with Gasteiger partial charge in [0.2, 0.25) is 5.91 Å². The fraction of sp³-hybridized carbons (Fsp3) is 0.650. The fourth-order valence-corrected chi connectivity index (χ4v) is 4.30. The van der Waals surface area contributed by atoms with Crippen molar-refractivity contribution in [2.75, 3.05) is 19.6 Å². The highest BCUT2D eigenvalue weighted by Crippen LogP contribution is 2.35. The average molecular weight is 332 g/mol. The number of amides is 1. The van der Waals surface area contributed by atoms with Gasteiger partial charge in [-0.05, 0) is 56.5 Å². The van der Waals surface area contributed by atoms with E-state index in [-0.39, 0.29) is 17.3 Å². The van der Waals surface area contributed by atoms with E-state index in [1.54, 1.807) is 12.1 Å². The number of piperidine rings is 1. The topological polar surface area (TPSA) is 32.3 Å². The Hall–Kier alpha value is -1.42. The van der Waals surface area contributed by atoms with Gasteiger partial charge in [0.05, 0.1) is 6.42 Å². The number of rotatable bonds is 5. The van der Waals surface area contributed by atoms with Gasteiger partial charge in [-0.15, -0.1) is 0 Å². The first kappa shape index (κ1) is 17.4. The second-order valence-corrected chi connectivity index (χ2v) is 7.41. The molecule has 3 rings (SSSR count). The Balaban J connectivity index is 1.58. The second-order valence-electron chi connectivity index (χ2n) is 7.41. The maximum Gasteiger partial charge on any atom is 0.224 e. The molecule has 2 aliphatic rings. The van der Waals surface area contributed by atoms with E-state index in [2.05, 4.69) is 10.2 Å². The molecule has 1 aromatic carbocycles. The molecule has 3 nitrogen and oxygen atoms in total. The molecule has 0 unspecified atom stereocenters. The van der Waals surface area contributed by atoms with Crippen molar-refractivity contribution in [1.29, 1.82) is 0 Å². The third kappa shape index (κ3) is 4.35. The Morgan fingerprint density at radius 2 is 1.62 bits per heavy atom. The fourth-order valence-electron chi connectivity index (χ4n) is 4.30. The third-order valence-electron chi connectivity index (χ3n) is 5.70. The van der Waals surface area contributed by atoms with Crippen LogP contribution in [0.2, 0.25) is 0 Å². The Labute approximate surface area is 144 Å². The second kappa shape index (κ2) is 8.11. The quantitative estimate of drug-likeness (QED) is 0.892. The molecular formula is C20H29FN2O. The van der Waals surface area contributed by atoms with Crippen LogP contribution in [-0.2, 0) is 11.2 Å². The van der Waals surface area contributed by atoms with Crippen LogP contribution >= 0.6 is 0 Å². The number of hydrogen-bond donors (Lipinski definition) is 1. The Kier molecular flexibility index (Phi) is 5.88. The zero-order valence-electron chi connectivity index (χ0n) is 14.5. The minimum atomic E-state index is -0.259. The Morgan fingerprint density at radius 1 is 1.00 bits per heavy atom. The molecular weight excluding hydrogens is 303 g/mol. The Morgan fingerprint density at radius 3 is 2.29 bits per heavy atom. The van der Waals surface area contributed by atoms with Crippen LogP contribution in [0.4, 0.5) is 4.39 Å². The van der Waals surface area contributed by atoms with Gasteiger partial charge in [-0.3, -0.25) is 9.69 Å². The SMILES string of the molecule is O=C(Cc1ccc(F)cc1)NCC1(N2CCCCC2)CCCCC1. The summed E-state index contributed by atoms with van der Waals surface area (Å²) in [4.78, 5) is 15.0. The molecule has 2 fully saturated rings. The molecule has 1 amide bonds. The molecule has 24 heavy (non-hydrogen) atoms. The third-order valence-corrected chi connectivity index (χ3v) is 5.70. The van der Waals surface area contributed by atoms with Crippen molar-refractivity contribution in [2.24, 2.45) is 0 Å². The lowest BCUT2D eigenvalue weighted by molar-refractivity contribution is -0.121. The summed E-state index contributed by atoms with van der Waals surface area (Å²) in [6.07, 6.45) is 10.5. The van der Waals surface area contributed by atoms with Crippen molar-refractivity contribution in [1.82, 2.24) is 10.2 Å². The highest BCUT2D eigenvalue weighted by Gasteiger charge is 2.38. The lowest BCUT2D eigenvalue weighted by Crippen LogP contribution is -2.58. The van der Waals surface area contributed by atoms with Crippen LogP contribution in [0.1, 0.15) is 56.9 Å². The van der Waals surface area contributed by atoms with Crippen molar-refractivity contribution < 1.29 is 9.18 Å². The number of carbonyl (C=O) groups excluding carboxylic acids is 1. The summed E-state index contributed by atoms with van der Waals surface area (Å²) >= 11 is 0. The first-order valence-corrected chi connectivity index (χ1v) is 9.44. The van der Waals surface area contributed by atoms with Crippen molar-refractivity contribution >= 4 is 5.91 Å². The van der Waals surface area contributed by atoms with Crippen LogP contribution in [-0.4, -0.2) is 36.0 Å². The maximum absolute atomic E-state index is 13.0. The van der Waals surface area contributed by atoms with E-state index in [9.17, 15) is 9.18 Å². The van der Waals surface area contributed by atoms with Crippen molar-refractivity contribution in [2.45, 2.75) is 63.3 Å². The van der Waals surface area contributed by atoms with Crippen LogP contribution in [0, 0.1) is 5.82 Å². The molecule has 0 atom stereocenters.